The Hall–Kier alpha value is -2.33. The average Bonchev–Trinajstić information content (AvgIpc) is 3.32. The summed E-state index contributed by atoms with van der Waals surface area (Å²) in [6, 6.07) is 8.83. The average molecular weight is 373 g/mol. The molecule has 3 heterocycles. The third-order valence-electron chi connectivity index (χ3n) is 4.24. The highest BCUT2D eigenvalue weighted by Crippen LogP contribution is 2.13. The van der Waals surface area contributed by atoms with Crippen LogP contribution in [0.1, 0.15) is 25.7 Å². The van der Waals surface area contributed by atoms with Gasteiger partial charge in [0.15, 0.2) is 0 Å². The first-order chi connectivity index (χ1) is 12.4. The number of halogens is 4. The van der Waals surface area contributed by atoms with E-state index in [9.17, 15) is 17.3 Å². The molecule has 0 radical (unpaired) electrons. The summed E-state index contributed by atoms with van der Waals surface area (Å²) in [5.41, 5.74) is 1.77. The summed E-state index contributed by atoms with van der Waals surface area (Å²) >= 11 is 0. The number of fused-ring (bicyclic) bond motifs is 1. The van der Waals surface area contributed by atoms with E-state index in [-0.39, 0.29) is 0 Å². The normalized spacial score (nSPS) is 17.4. The largest absolute Gasteiger partial charge is 0.673 e. The van der Waals surface area contributed by atoms with E-state index in [1.807, 2.05) is 24.3 Å². The zero-order chi connectivity index (χ0) is 18.6. The molecule has 0 bridgehead atoms. The Morgan fingerprint density at radius 3 is 2.27 bits per heavy atom. The van der Waals surface area contributed by atoms with Crippen molar-refractivity contribution in [3.63, 3.8) is 0 Å². The van der Waals surface area contributed by atoms with Crippen LogP contribution in [0.25, 0.3) is 11.0 Å². The summed E-state index contributed by atoms with van der Waals surface area (Å²) < 4.78 is 41.3. The van der Waals surface area contributed by atoms with Gasteiger partial charge < -0.3 is 17.3 Å². The third-order valence-corrected chi connectivity index (χ3v) is 4.24. The van der Waals surface area contributed by atoms with Crippen LogP contribution in [0.15, 0.2) is 24.3 Å². The van der Waals surface area contributed by atoms with E-state index >= 15 is 0 Å². The van der Waals surface area contributed by atoms with Crippen LogP contribution in [0.2, 0.25) is 0 Å². The molecule has 0 atom stereocenters. The summed E-state index contributed by atoms with van der Waals surface area (Å²) in [4.78, 5) is 10.0. The first kappa shape index (κ1) is 18.5. The molecule has 2 aromatic rings. The fourth-order valence-electron chi connectivity index (χ4n) is 3.12. The topological polar surface area (TPSA) is 46.2 Å². The number of hydrogen-bond acceptors (Lipinski definition) is 3. The lowest BCUT2D eigenvalue weighted by molar-refractivity contribution is -0.520. The molecule has 1 aromatic heterocycles. The van der Waals surface area contributed by atoms with Gasteiger partial charge in [0, 0.05) is 0 Å². The minimum Gasteiger partial charge on any atom is -0.418 e. The van der Waals surface area contributed by atoms with Gasteiger partial charge in [-0.05, 0) is 43.0 Å². The lowest BCUT2D eigenvalue weighted by Gasteiger charge is -2.14. The molecule has 0 amide bonds. The highest BCUT2D eigenvalue weighted by atomic mass is 19.5. The minimum absolute atomic E-state index is 0.861. The van der Waals surface area contributed by atoms with Crippen molar-refractivity contribution in [3.8, 4) is 0 Å². The van der Waals surface area contributed by atoms with Gasteiger partial charge in [-0.3, -0.25) is 4.84 Å². The van der Waals surface area contributed by atoms with Gasteiger partial charge in [-0.15, -0.1) is 5.10 Å². The van der Waals surface area contributed by atoms with Crippen LogP contribution in [-0.2, 0) is 0 Å². The fourth-order valence-corrected chi connectivity index (χ4v) is 3.12. The second-order valence-electron chi connectivity index (χ2n) is 6.21. The Bertz CT molecular complexity index is 759. The molecule has 2 aliphatic rings. The molecule has 26 heavy (non-hydrogen) atoms. The van der Waals surface area contributed by atoms with Crippen LogP contribution in [0.4, 0.5) is 17.3 Å². The highest BCUT2D eigenvalue weighted by molar-refractivity contribution is 6.50. The predicted octanol–water partition coefficient (Wildman–Crippen LogP) is 2.42. The molecule has 2 saturated heterocycles. The molecule has 1 aromatic carbocycles. The van der Waals surface area contributed by atoms with Gasteiger partial charge >= 0.3 is 13.3 Å². The smallest absolute Gasteiger partial charge is 0.418 e. The number of amidine groups is 1. The molecule has 0 unspecified atom stereocenters. The lowest BCUT2D eigenvalue weighted by atomic mass is 10.3. The Balaban J connectivity index is 0.000000349. The van der Waals surface area contributed by atoms with Crippen molar-refractivity contribution in [1.82, 2.24) is 20.1 Å². The van der Waals surface area contributed by atoms with Gasteiger partial charge in [-0.25, -0.2) is 9.48 Å². The molecule has 4 rings (SSSR count). The third kappa shape index (κ3) is 4.86. The number of rotatable bonds is 1. The number of benzene rings is 1. The molecule has 0 N–H and O–H groups in total. The standard InChI is InChI=1S/C15H20N5O.BF4/c1-2-8-14-13(7-1)16-17-20(14)21-15(18-9-3-4-10-18)19-11-5-6-12-19;2-1(3,4)5/h1-2,7-8H,3-6,9-12H2;/q+1;-1. The summed E-state index contributed by atoms with van der Waals surface area (Å²) in [6.45, 7) is 4.27. The first-order valence-corrected chi connectivity index (χ1v) is 8.65. The molecular weight excluding hydrogens is 353 g/mol. The van der Waals surface area contributed by atoms with Crippen LogP contribution in [0.5, 0.6) is 0 Å². The maximum atomic E-state index is 9.75. The molecule has 0 spiro atoms. The van der Waals surface area contributed by atoms with E-state index in [0.29, 0.717) is 0 Å². The van der Waals surface area contributed by atoms with Crippen LogP contribution < -0.4 is 4.84 Å². The van der Waals surface area contributed by atoms with Gasteiger partial charge in [0.25, 0.3) is 0 Å². The summed E-state index contributed by atoms with van der Waals surface area (Å²) in [7, 11) is -6.00. The number of aromatic nitrogens is 3. The minimum atomic E-state index is -6.00. The maximum absolute atomic E-state index is 9.75. The van der Waals surface area contributed by atoms with Crippen molar-refractivity contribution in [1.29, 1.82) is 0 Å². The zero-order valence-corrected chi connectivity index (χ0v) is 14.2. The summed E-state index contributed by atoms with van der Waals surface area (Å²) in [5, 5.41) is 8.31. The van der Waals surface area contributed by atoms with E-state index in [1.165, 1.54) is 25.7 Å². The van der Waals surface area contributed by atoms with Gasteiger partial charge in [0.05, 0.1) is 26.2 Å². The molecule has 142 valence electrons. The lowest BCUT2D eigenvalue weighted by Crippen LogP contribution is -2.43. The second-order valence-corrected chi connectivity index (χ2v) is 6.21. The van der Waals surface area contributed by atoms with Crippen LogP contribution in [0.3, 0.4) is 0 Å². The van der Waals surface area contributed by atoms with Gasteiger partial charge in [-0.2, -0.15) is 0 Å². The van der Waals surface area contributed by atoms with Gasteiger partial charge in [-0.1, -0.05) is 17.0 Å². The van der Waals surface area contributed by atoms with Crippen LogP contribution >= 0.6 is 0 Å². The molecule has 2 fully saturated rings. The molecular formula is C15H20BF4N5O. The van der Waals surface area contributed by atoms with E-state index in [0.717, 1.165) is 43.2 Å². The fraction of sp³-hybridized carbons (Fsp3) is 0.533. The maximum Gasteiger partial charge on any atom is 0.673 e. The number of nitrogens with zero attached hydrogens (tertiary/aromatic N) is 5. The van der Waals surface area contributed by atoms with Gasteiger partial charge in [0.2, 0.25) is 0 Å². The van der Waals surface area contributed by atoms with Gasteiger partial charge in [0.1, 0.15) is 11.0 Å². The zero-order valence-electron chi connectivity index (χ0n) is 14.2. The van der Waals surface area contributed by atoms with Crippen LogP contribution in [0, 0.1) is 0 Å². The number of para-hydroxylation sites is 1. The van der Waals surface area contributed by atoms with E-state index in [2.05, 4.69) is 19.8 Å². The molecule has 6 nitrogen and oxygen atoms in total. The Kier molecular flexibility index (Phi) is 5.62. The molecule has 0 saturated carbocycles. The Labute approximate surface area is 148 Å². The predicted molar refractivity (Wildman–Crippen MR) is 89.3 cm³/mol. The summed E-state index contributed by atoms with van der Waals surface area (Å²) in [5.74, 6) is 0. The molecule has 2 aliphatic heterocycles. The Morgan fingerprint density at radius 1 is 1.00 bits per heavy atom. The van der Waals surface area contributed by atoms with Crippen LogP contribution in [-0.4, -0.2) is 64.1 Å². The van der Waals surface area contributed by atoms with Crippen molar-refractivity contribution in [2.45, 2.75) is 25.7 Å². The number of hydrogen-bond donors (Lipinski definition) is 0. The monoisotopic (exact) mass is 373 g/mol. The van der Waals surface area contributed by atoms with E-state index in [1.54, 1.807) is 4.85 Å². The highest BCUT2D eigenvalue weighted by Gasteiger charge is 2.31. The van der Waals surface area contributed by atoms with E-state index in [4.69, 9.17) is 4.84 Å². The molecule has 11 heteroatoms. The van der Waals surface area contributed by atoms with Crippen molar-refractivity contribution in [2.24, 2.45) is 0 Å². The number of likely N-dealkylation sites (tertiary alicyclic amines) is 1. The van der Waals surface area contributed by atoms with E-state index < -0.39 is 7.25 Å². The van der Waals surface area contributed by atoms with Crippen molar-refractivity contribution in [2.75, 3.05) is 26.2 Å². The Morgan fingerprint density at radius 2 is 1.62 bits per heavy atom. The molecule has 0 aliphatic carbocycles. The first-order valence-electron chi connectivity index (χ1n) is 8.65. The summed E-state index contributed by atoms with van der Waals surface area (Å²) in [6.07, 6.45) is 4.94. The second kappa shape index (κ2) is 7.92. The van der Waals surface area contributed by atoms with Crippen molar-refractivity contribution in [3.05, 3.63) is 24.3 Å². The SMILES string of the molecule is F[B-](F)(F)F.c1ccc2c(c1)nnn2OC(N1CCCC1)=[N+]1CCCC1. The van der Waals surface area contributed by atoms with Crippen molar-refractivity contribution < 1.29 is 26.7 Å². The van der Waals surface area contributed by atoms with Crippen molar-refractivity contribution >= 4 is 24.3 Å². The quantitative estimate of drug-likeness (QED) is 0.334.